The standard InChI is InChI=1S/C25H27N3O5S/c1-19-4-6-21(7-5-19)18-33-24-12-8-20(9-13-24)16-26-27-25(29)17-28(34(3,30)31)22-10-14-23(32-2)15-11-22/h4-16H,17-18H2,1-3H3,(H,27,29)/b26-16-. The third-order valence-electron chi connectivity index (χ3n) is 4.86. The summed E-state index contributed by atoms with van der Waals surface area (Å²) in [5.41, 5.74) is 5.74. The van der Waals surface area contributed by atoms with Crippen LogP contribution in [0.25, 0.3) is 0 Å². The Kier molecular flexibility index (Phi) is 8.26. The Labute approximate surface area is 199 Å². The molecule has 0 saturated carbocycles. The van der Waals surface area contributed by atoms with Crippen LogP contribution in [0.15, 0.2) is 77.9 Å². The van der Waals surface area contributed by atoms with Gasteiger partial charge in [-0.2, -0.15) is 5.10 Å². The van der Waals surface area contributed by atoms with Crippen LogP contribution < -0.4 is 19.2 Å². The molecule has 0 radical (unpaired) electrons. The zero-order valence-electron chi connectivity index (χ0n) is 19.3. The predicted molar refractivity (Wildman–Crippen MR) is 133 cm³/mol. The van der Waals surface area contributed by atoms with E-state index in [-0.39, 0.29) is 0 Å². The van der Waals surface area contributed by atoms with Gasteiger partial charge in [0.1, 0.15) is 24.7 Å². The SMILES string of the molecule is COc1ccc(N(CC(=O)N/N=C\c2ccc(OCc3ccc(C)cc3)cc2)S(C)(=O)=O)cc1. The number of carbonyl (C=O) groups is 1. The minimum atomic E-state index is -3.68. The van der Waals surface area contributed by atoms with Crippen LogP contribution in [0, 0.1) is 6.92 Å². The molecule has 3 aromatic carbocycles. The van der Waals surface area contributed by atoms with Gasteiger partial charge >= 0.3 is 0 Å². The fraction of sp³-hybridized carbons (Fsp3) is 0.200. The molecule has 0 atom stereocenters. The number of hydrogen-bond acceptors (Lipinski definition) is 6. The highest BCUT2D eigenvalue weighted by Crippen LogP contribution is 2.21. The van der Waals surface area contributed by atoms with Gasteiger partial charge in [0.2, 0.25) is 10.0 Å². The Bertz CT molecular complexity index is 1220. The van der Waals surface area contributed by atoms with Crippen molar-refractivity contribution < 1.29 is 22.7 Å². The van der Waals surface area contributed by atoms with Crippen LogP contribution in [0.1, 0.15) is 16.7 Å². The summed E-state index contributed by atoms with van der Waals surface area (Å²) < 4.78 is 36.2. The minimum absolute atomic E-state index is 0.351. The van der Waals surface area contributed by atoms with Crippen molar-refractivity contribution in [3.63, 3.8) is 0 Å². The lowest BCUT2D eigenvalue weighted by Gasteiger charge is -2.21. The molecule has 3 rings (SSSR count). The van der Waals surface area contributed by atoms with Crippen LogP contribution in [0.4, 0.5) is 5.69 Å². The average molecular weight is 482 g/mol. The summed E-state index contributed by atoms with van der Waals surface area (Å²) in [6.07, 6.45) is 2.51. The molecular weight excluding hydrogens is 454 g/mol. The monoisotopic (exact) mass is 481 g/mol. The van der Waals surface area contributed by atoms with Crippen molar-refractivity contribution in [2.24, 2.45) is 5.10 Å². The minimum Gasteiger partial charge on any atom is -0.497 e. The van der Waals surface area contributed by atoms with Gasteiger partial charge in [0, 0.05) is 0 Å². The number of hydrazone groups is 1. The van der Waals surface area contributed by atoms with Crippen molar-refractivity contribution in [2.75, 3.05) is 24.2 Å². The number of methoxy groups -OCH3 is 1. The van der Waals surface area contributed by atoms with E-state index in [0.717, 1.165) is 21.7 Å². The third-order valence-corrected chi connectivity index (χ3v) is 6.00. The maximum Gasteiger partial charge on any atom is 0.260 e. The number of nitrogens with zero attached hydrogens (tertiary/aromatic N) is 2. The van der Waals surface area contributed by atoms with Gasteiger partial charge in [-0.15, -0.1) is 0 Å². The Balaban J connectivity index is 1.54. The molecule has 9 heteroatoms. The molecule has 0 saturated heterocycles. The quantitative estimate of drug-likeness (QED) is 0.353. The molecule has 0 aliphatic rings. The van der Waals surface area contributed by atoms with Gasteiger partial charge in [-0.1, -0.05) is 29.8 Å². The van der Waals surface area contributed by atoms with Gasteiger partial charge in [-0.25, -0.2) is 13.8 Å². The Morgan fingerprint density at radius 1 is 0.971 bits per heavy atom. The maximum absolute atomic E-state index is 12.3. The van der Waals surface area contributed by atoms with Gasteiger partial charge in [0.15, 0.2) is 0 Å². The van der Waals surface area contributed by atoms with Gasteiger partial charge in [-0.3, -0.25) is 9.10 Å². The highest BCUT2D eigenvalue weighted by atomic mass is 32.2. The van der Waals surface area contributed by atoms with Crippen molar-refractivity contribution in [1.29, 1.82) is 0 Å². The summed E-state index contributed by atoms with van der Waals surface area (Å²) in [6, 6.07) is 21.8. The number of carbonyl (C=O) groups excluding carboxylic acids is 1. The fourth-order valence-corrected chi connectivity index (χ4v) is 3.85. The lowest BCUT2D eigenvalue weighted by Crippen LogP contribution is -2.39. The highest BCUT2D eigenvalue weighted by molar-refractivity contribution is 7.92. The largest absolute Gasteiger partial charge is 0.497 e. The van der Waals surface area contributed by atoms with Crippen LogP contribution in [-0.2, 0) is 21.4 Å². The second-order valence-corrected chi connectivity index (χ2v) is 9.51. The highest BCUT2D eigenvalue weighted by Gasteiger charge is 2.20. The molecule has 3 aromatic rings. The molecule has 0 fully saturated rings. The van der Waals surface area contributed by atoms with E-state index in [9.17, 15) is 13.2 Å². The maximum atomic E-state index is 12.3. The number of rotatable bonds is 10. The summed E-state index contributed by atoms with van der Waals surface area (Å²) in [6.45, 7) is 2.10. The van der Waals surface area contributed by atoms with E-state index in [1.165, 1.54) is 18.9 Å². The topological polar surface area (TPSA) is 97.3 Å². The van der Waals surface area contributed by atoms with E-state index in [4.69, 9.17) is 9.47 Å². The Morgan fingerprint density at radius 3 is 2.18 bits per heavy atom. The summed E-state index contributed by atoms with van der Waals surface area (Å²) in [4.78, 5) is 12.3. The fourth-order valence-electron chi connectivity index (χ4n) is 2.99. The first kappa shape index (κ1) is 24.8. The summed E-state index contributed by atoms with van der Waals surface area (Å²) in [7, 11) is -2.16. The first-order valence-corrected chi connectivity index (χ1v) is 12.3. The first-order chi connectivity index (χ1) is 16.2. The molecule has 1 N–H and O–H groups in total. The van der Waals surface area contributed by atoms with Crippen molar-refractivity contribution in [3.05, 3.63) is 89.5 Å². The number of sulfonamides is 1. The van der Waals surface area contributed by atoms with Crippen molar-refractivity contribution in [2.45, 2.75) is 13.5 Å². The van der Waals surface area contributed by atoms with E-state index in [2.05, 4.69) is 10.5 Å². The number of aryl methyl sites for hydroxylation is 1. The molecule has 0 unspecified atom stereocenters. The number of hydrogen-bond donors (Lipinski definition) is 1. The van der Waals surface area contributed by atoms with Crippen LogP contribution in [-0.4, -0.2) is 40.4 Å². The Morgan fingerprint density at radius 2 is 1.59 bits per heavy atom. The first-order valence-electron chi connectivity index (χ1n) is 10.5. The van der Waals surface area contributed by atoms with Gasteiger partial charge < -0.3 is 9.47 Å². The number of ether oxygens (including phenoxy) is 2. The second-order valence-electron chi connectivity index (χ2n) is 7.60. The number of anilines is 1. The third kappa shape index (κ3) is 7.35. The predicted octanol–water partition coefficient (Wildman–Crippen LogP) is 3.50. The summed E-state index contributed by atoms with van der Waals surface area (Å²) in [5, 5.41) is 3.92. The zero-order chi connectivity index (χ0) is 24.6. The van der Waals surface area contributed by atoms with Crippen LogP contribution in [0.5, 0.6) is 11.5 Å². The molecule has 178 valence electrons. The smallest absolute Gasteiger partial charge is 0.260 e. The molecule has 34 heavy (non-hydrogen) atoms. The van der Waals surface area contributed by atoms with E-state index in [1.54, 1.807) is 36.4 Å². The summed E-state index contributed by atoms with van der Waals surface area (Å²) in [5.74, 6) is 0.721. The molecule has 0 aromatic heterocycles. The zero-order valence-corrected chi connectivity index (χ0v) is 20.1. The molecule has 0 aliphatic heterocycles. The van der Waals surface area contributed by atoms with E-state index in [1.807, 2.05) is 43.3 Å². The van der Waals surface area contributed by atoms with Crippen LogP contribution >= 0.6 is 0 Å². The average Bonchev–Trinajstić information content (AvgIpc) is 2.82. The van der Waals surface area contributed by atoms with Crippen molar-refractivity contribution in [3.8, 4) is 11.5 Å². The van der Waals surface area contributed by atoms with Gasteiger partial charge in [0.25, 0.3) is 5.91 Å². The molecule has 0 heterocycles. The van der Waals surface area contributed by atoms with Crippen LogP contribution in [0.3, 0.4) is 0 Å². The molecule has 0 bridgehead atoms. The lowest BCUT2D eigenvalue weighted by atomic mass is 10.2. The Hall–Kier alpha value is -3.85. The van der Waals surface area contributed by atoms with E-state index < -0.39 is 22.5 Å². The number of nitrogens with one attached hydrogen (secondary N) is 1. The molecular formula is C25H27N3O5S. The lowest BCUT2D eigenvalue weighted by molar-refractivity contribution is -0.119. The number of benzene rings is 3. The molecule has 1 amide bonds. The number of amides is 1. The molecule has 0 spiro atoms. The van der Waals surface area contributed by atoms with E-state index >= 15 is 0 Å². The molecule has 8 nitrogen and oxygen atoms in total. The van der Waals surface area contributed by atoms with Gasteiger partial charge in [0.05, 0.1) is 25.3 Å². The summed E-state index contributed by atoms with van der Waals surface area (Å²) >= 11 is 0. The second kappa shape index (κ2) is 11.3. The van der Waals surface area contributed by atoms with Gasteiger partial charge in [-0.05, 0) is 66.6 Å². The van der Waals surface area contributed by atoms with E-state index in [0.29, 0.717) is 23.8 Å². The normalized spacial score (nSPS) is 11.3. The van der Waals surface area contributed by atoms with Crippen LogP contribution in [0.2, 0.25) is 0 Å². The molecule has 0 aliphatic carbocycles. The van der Waals surface area contributed by atoms with Crippen molar-refractivity contribution >= 4 is 27.8 Å². The van der Waals surface area contributed by atoms with Crippen molar-refractivity contribution in [1.82, 2.24) is 5.43 Å².